The standard InChI is InChI=1S/C14H14ClN3O2/c15-13-8-3-1-2-4-9(8)17-11(13)7-16-10-5-6-12(19)18-14(10)20/h1-4,10,16-17H,5-7H2,(H,18,19,20). The number of H-pyrrole nitrogens is 1. The van der Waals surface area contributed by atoms with Crippen molar-refractivity contribution >= 4 is 34.3 Å². The topological polar surface area (TPSA) is 74.0 Å². The number of imide groups is 1. The Balaban J connectivity index is 1.72. The molecule has 3 N–H and O–H groups in total. The van der Waals surface area contributed by atoms with Gasteiger partial charge in [0.15, 0.2) is 0 Å². The number of aromatic amines is 1. The molecular formula is C14H14ClN3O2. The van der Waals surface area contributed by atoms with Crippen molar-refractivity contribution in [1.29, 1.82) is 0 Å². The molecule has 1 unspecified atom stereocenters. The number of hydrogen-bond donors (Lipinski definition) is 3. The molecule has 1 saturated heterocycles. The highest BCUT2D eigenvalue weighted by molar-refractivity contribution is 6.36. The zero-order chi connectivity index (χ0) is 14.1. The average molecular weight is 292 g/mol. The highest BCUT2D eigenvalue weighted by Gasteiger charge is 2.26. The number of para-hydroxylation sites is 1. The van der Waals surface area contributed by atoms with Crippen molar-refractivity contribution in [2.24, 2.45) is 0 Å². The number of carbonyl (C=O) groups is 2. The molecule has 6 heteroatoms. The second-order valence-corrected chi connectivity index (χ2v) is 5.23. The Hall–Kier alpha value is -1.85. The molecule has 0 aliphatic carbocycles. The van der Waals surface area contributed by atoms with E-state index in [2.05, 4.69) is 15.6 Å². The van der Waals surface area contributed by atoms with Crippen LogP contribution in [0, 0.1) is 0 Å². The van der Waals surface area contributed by atoms with Crippen molar-refractivity contribution in [2.45, 2.75) is 25.4 Å². The van der Waals surface area contributed by atoms with Gasteiger partial charge in [0.05, 0.1) is 11.1 Å². The van der Waals surface area contributed by atoms with E-state index in [-0.39, 0.29) is 17.9 Å². The second kappa shape index (κ2) is 5.26. The van der Waals surface area contributed by atoms with Crippen molar-refractivity contribution < 1.29 is 9.59 Å². The molecule has 0 spiro atoms. The number of benzene rings is 1. The average Bonchev–Trinajstić information content (AvgIpc) is 2.75. The van der Waals surface area contributed by atoms with Crippen LogP contribution in [0.5, 0.6) is 0 Å². The summed E-state index contributed by atoms with van der Waals surface area (Å²) in [5.41, 5.74) is 1.81. The highest BCUT2D eigenvalue weighted by atomic mass is 35.5. The number of carbonyl (C=O) groups excluding carboxylic acids is 2. The molecule has 2 heterocycles. The summed E-state index contributed by atoms with van der Waals surface area (Å²) in [6, 6.07) is 7.42. The third-order valence-electron chi connectivity index (χ3n) is 3.48. The molecule has 0 radical (unpaired) electrons. The molecule has 5 nitrogen and oxygen atoms in total. The fourth-order valence-corrected chi connectivity index (χ4v) is 2.68. The van der Waals surface area contributed by atoms with Gasteiger partial charge in [-0.25, -0.2) is 0 Å². The Morgan fingerprint density at radius 2 is 2.10 bits per heavy atom. The number of fused-ring (bicyclic) bond motifs is 1. The van der Waals surface area contributed by atoms with Gasteiger partial charge in [-0.2, -0.15) is 0 Å². The Morgan fingerprint density at radius 3 is 2.85 bits per heavy atom. The first-order valence-corrected chi connectivity index (χ1v) is 6.85. The fourth-order valence-electron chi connectivity index (χ4n) is 2.40. The molecule has 1 aromatic carbocycles. The van der Waals surface area contributed by atoms with E-state index in [1.165, 1.54) is 0 Å². The largest absolute Gasteiger partial charge is 0.356 e. The van der Waals surface area contributed by atoms with E-state index in [0.717, 1.165) is 16.6 Å². The zero-order valence-electron chi connectivity index (χ0n) is 10.7. The summed E-state index contributed by atoms with van der Waals surface area (Å²) in [6.07, 6.45) is 0.881. The van der Waals surface area contributed by atoms with Gasteiger partial charge in [0.2, 0.25) is 11.8 Å². The van der Waals surface area contributed by atoms with E-state index >= 15 is 0 Å². The summed E-state index contributed by atoms with van der Waals surface area (Å²) < 4.78 is 0. The molecule has 2 aromatic rings. The van der Waals surface area contributed by atoms with Crippen molar-refractivity contribution in [1.82, 2.24) is 15.6 Å². The number of piperidine rings is 1. The first-order valence-electron chi connectivity index (χ1n) is 6.47. The number of hydrogen-bond acceptors (Lipinski definition) is 3. The summed E-state index contributed by atoms with van der Waals surface area (Å²) in [4.78, 5) is 26.0. The van der Waals surface area contributed by atoms with Crippen LogP contribution in [0.25, 0.3) is 10.9 Å². The molecule has 1 aliphatic heterocycles. The van der Waals surface area contributed by atoms with Gasteiger partial charge in [-0.05, 0) is 12.5 Å². The van der Waals surface area contributed by atoms with Gasteiger partial charge < -0.3 is 10.3 Å². The van der Waals surface area contributed by atoms with Crippen LogP contribution in [0.4, 0.5) is 0 Å². The van der Waals surface area contributed by atoms with Gasteiger partial charge in [-0.3, -0.25) is 14.9 Å². The summed E-state index contributed by atoms with van der Waals surface area (Å²) >= 11 is 6.31. The molecule has 1 aromatic heterocycles. The van der Waals surface area contributed by atoms with Crippen molar-refractivity contribution in [3.63, 3.8) is 0 Å². The molecule has 2 amide bonds. The molecule has 20 heavy (non-hydrogen) atoms. The van der Waals surface area contributed by atoms with Crippen LogP contribution in [-0.4, -0.2) is 22.8 Å². The Morgan fingerprint density at radius 1 is 1.30 bits per heavy atom. The monoisotopic (exact) mass is 291 g/mol. The Labute approximate surface area is 120 Å². The summed E-state index contributed by atoms with van der Waals surface area (Å²) in [5, 5.41) is 7.09. The SMILES string of the molecule is O=C1CCC(NCc2[nH]c3ccccc3c2Cl)C(=O)N1. The van der Waals surface area contributed by atoms with Gasteiger partial charge in [0.1, 0.15) is 0 Å². The van der Waals surface area contributed by atoms with Gasteiger partial charge in [0.25, 0.3) is 0 Å². The Bertz CT molecular complexity index is 680. The predicted octanol–water partition coefficient (Wildman–Crippen LogP) is 1.72. The maximum atomic E-state index is 11.6. The maximum Gasteiger partial charge on any atom is 0.243 e. The number of halogens is 1. The van der Waals surface area contributed by atoms with Crippen molar-refractivity contribution in [3.8, 4) is 0 Å². The third kappa shape index (κ3) is 2.42. The summed E-state index contributed by atoms with van der Waals surface area (Å²) in [7, 11) is 0. The lowest BCUT2D eigenvalue weighted by atomic mass is 10.1. The van der Waals surface area contributed by atoms with Crippen LogP contribution in [0.3, 0.4) is 0 Å². The van der Waals surface area contributed by atoms with Crippen molar-refractivity contribution in [3.05, 3.63) is 35.0 Å². The minimum Gasteiger partial charge on any atom is -0.356 e. The predicted molar refractivity (Wildman–Crippen MR) is 76.3 cm³/mol. The summed E-state index contributed by atoms with van der Waals surface area (Å²) in [6.45, 7) is 0.458. The minimum atomic E-state index is -0.352. The van der Waals surface area contributed by atoms with Crippen LogP contribution >= 0.6 is 11.6 Å². The van der Waals surface area contributed by atoms with Gasteiger partial charge in [-0.15, -0.1) is 0 Å². The number of aromatic nitrogens is 1. The van der Waals surface area contributed by atoms with Crippen LogP contribution in [0.15, 0.2) is 24.3 Å². The van der Waals surface area contributed by atoms with Crippen LogP contribution in [0.1, 0.15) is 18.5 Å². The second-order valence-electron chi connectivity index (χ2n) is 4.85. The lowest BCUT2D eigenvalue weighted by molar-refractivity contribution is -0.134. The molecule has 1 fully saturated rings. The van der Waals surface area contributed by atoms with E-state index in [1.54, 1.807) is 0 Å². The maximum absolute atomic E-state index is 11.6. The number of rotatable bonds is 3. The normalized spacial score (nSPS) is 19.4. The smallest absolute Gasteiger partial charge is 0.243 e. The lowest BCUT2D eigenvalue weighted by Crippen LogP contribution is -2.50. The van der Waals surface area contributed by atoms with Crippen molar-refractivity contribution in [2.75, 3.05) is 0 Å². The zero-order valence-corrected chi connectivity index (χ0v) is 11.5. The molecule has 1 aliphatic rings. The highest BCUT2D eigenvalue weighted by Crippen LogP contribution is 2.27. The molecule has 104 valence electrons. The van der Waals surface area contributed by atoms with Gasteiger partial charge in [-0.1, -0.05) is 29.8 Å². The van der Waals surface area contributed by atoms with Gasteiger partial charge in [0, 0.05) is 29.6 Å². The van der Waals surface area contributed by atoms with Gasteiger partial charge >= 0.3 is 0 Å². The van der Waals surface area contributed by atoms with E-state index in [1.807, 2.05) is 24.3 Å². The lowest BCUT2D eigenvalue weighted by Gasteiger charge is -2.21. The van der Waals surface area contributed by atoms with E-state index in [9.17, 15) is 9.59 Å². The number of amides is 2. The minimum absolute atomic E-state index is 0.211. The third-order valence-corrected chi connectivity index (χ3v) is 3.91. The molecule has 0 bridgehead atoms. The molecule has 0 saturated carbocycles. The van der Waals surface area contributed by atoms with Crippen LogP contribution in [0.2, 0.25) is 5.02 Å². The first kappa shape index (κ1) is 13.1. The Kier molecular flexibility index (Phi) is 3.46. The molecule has 1 atom stereocenters. The first-order chi connectivity index (χ1) is 9.65. The molecular weight excluding hydrogens is 278 g/mol. The van der Waals surface area contributed by atoms with E-state index in [0.29, 0.717) is 24.4 Å². The summed E-state index contributed by atoms with van der Waals surface area (Å²) in [5.74, 6) is -0.481. The quantitative estimate of drug-likeness (QED) is 0.754. The van der Waals surface area contributed by atoms with E-state index < -0.39 is 0 Å². The van der Waals surface area contributed by atoms with Crippen LogP contribution < -0.4 is 10.6 Å². The van der Waals surface area contributed by atoms with E-state index in [4.69, 9.17) is 11.6 Å². The number of nitrogens with one attached hydrogen (secondary N) is 3. The van der Waals surface area contributed by atoms with Crippen LogP contribution in [-0.2, 0) is 16.1 Å². The molecule has 3 rings (SSSR count). The fraction of sp³-hybridized carbons (Fsp3) is 0.286.